The number of halogens is 1. The Labute approximate surface area is 275 Å². The van der Waals surface area contributed by atoms with Crippen molar-refractivity contribution in [3.8, 4) is 5.88 Å². The normalized spacial score (nSPS) is 18.3. The number of ether oxygens (including phenoxy) is 2. The van der Waals surface area contributed by atoms with Gasteiger partial charge in [-0.15, -0.1) is 0 Å². The molecule has 1 saturated heterocycles. The first-order valence-corrected chi connectivity index (χ1v) is 16.7. The third-order valence-electron chi connectivity index (χ3n) is 8.67. The summed E-state index contributed by atoms with van der Waals surface area (Å²) in [5.41, 5.74) is -0.929. The standard InChI is InChI=1S/C34H28ClN5O6S/c1-45-31-26(7-4-16-38-31)34(46-33(42)39-19-13-23(14-20-39)22-11-17-36-18-12-22)27-21-25(35)9-10-28(27)40(32(34)41)47(43,44)29-8-2-5-24-6-3-15-37-30(24)29/h2-12,15-18,21,23H,13-14,19-20H2,1H3. The second kappa shape index (κ2) is 11.9. The van der Waals surface area contributed by atoms with Crippen LogP contribution in [0.25, 0.3) is 10.9 Å². The average molecular weight is 670 g/mol. The summed E-state index contributed by atoms with van der Waals surface area (Å²) >= 11 is 6.48. The fourth-order valence-corrected chi connectivity index (χ4v) is 8.22. The number of para-hydroxylation sites is 1. The average Bonchev–Trinajstić information content (AvgIpc) is 3.35. The van der Waals surface area contributed by atoms with E-state index in [0.717, 1.165) is 5.56 Å². The van der Waals surface area contributed by atoms with E-state index < -0.39 is 27.6 Å². The van der Waals surface area contributed by atoms with Gasteiger partial charge >= 0.3 is 6.09 Å². The summed E-state index contributed by atoms with van der Waals surface area (Å²) in [4.78, 5) is 43.1. The molecular formula is C34H28ClN5O6S. The first-order chi connectivity index (χ1) is 22.8. The summed E-state index contributed by atoms with van der Waals surface area (Å²) in [6.45, 7) is 0.707. The molecule has 0 radical (unpaired) electrons. The van der Waals surface area contributed by atoms with E-state index in [2.05, 4.69) is 15.0 Å². The van der Waals surface area contributed by atoms with Crippen LogP contribution in [0.15, 0.2) is 102 Å². The van der Waals surface area contributed by atoms with E-state index in [4.69, 9.17) is 21.1 Å². The van der Waals surface area contributed by atoms with E-state index in [1.807, 2.05) is 12.1 Å². The van der Waals surface area contributed by atoms with Crippen LogP contribution in [0.2, 0.25) is 5.02 Å². The maximum atomic E-state index is 15.0. The van der Waals surface area contributed by atoms with E-state index in [1.54, 1.807) is 42.7 Å². The first-order valence-electron chi connectivity index (χ1n) is 14.9. The second-order valence-electron chi connectivity index (χ2n) is 11.2. The van der Waals surface area contributed by atoms with Crippen molar-refractivity contribution in [2.24, 2.45) is 0 Å². The molecule has 0 bridgehead atoms. The molecular weight excluding hydrogens is 642 g/mol. The summed E-state index contributed by atoms with van der Waals surface area (Å²) in [6.07, 6.45) is 6.93. The van der Waals surface area contributed by atoms with Gasteiger partial charge in [-0.3, -0.25) is 14.8 Å². The maximum Gasteiger partial charge on any atom is 0.411 e. The predicted octanol–water partition coefficient (Wildman–Crippen LogP) is 5.68. The molecule has 5 heterocycles. The van der Waals surface area contributed by atoms with Crippen LogP contribution in [-0.2, 0) is 25.2 Å². The van der Waals surface area contributed by atoms with E-state index in [9.17, 15) is 18.0 Å². The zero-order valence-corrected chi connectivity index (χ0v) is 26.7. The number of methoxy groups -OCH3 is 1. The Morgan fingerprint density at radius 2 is 1.64 bits per heavy atom. The van der Waals surface area contributed by atoms with Gasteiger partial charge in [-0.05, 0) is 78.9 Å². The van der Waals surface area contributed by atoms with Crippen molar-refractivity contribution in [3.63, 3.8) is 0 Å². The van der Waals surface area contributed by atoms with Crippen LogP contribution in [0.5, 0.6) is 5.88 Å². The lowest BCUT2D eigenvalue weighted by atomic mass is 9.87. The van der Waals surface area contributed by atoms with Gasteiger partial charge in [-0.25, -0.2) is 18.2 Å². The molecule has 3 aromatic heterocycles. The molecule has 2 aromatic carbocycles. The van der Waals surface area contributed by atoms with Gasteiger partial charge in [0, 0.05) is 53.8 Å². The molecule has 47 heavy (non-hydrogen) atoms. The number of nitrogens with zero attached hydrogens (tertiary/aromatic N) is 5. The number of hydrogen-bond acceptors (Lipinski definition) is 9. The number of carbonyl (C=O) groups excluding carboxylic acids is 2. The van der Waals surface area contributed by atoms with Crippen LogP contribution in [0.4, 0.5) is 10.5 Å². The Hall–Kier alpha value is -5.07. The molecule has 0 N–H and O–H groups in total. The van der Waals surface area contributed by atoms with Gasteiger partial charge in [0.05, 0.1) is 23.9 Å². The van der Waals surface area contributed by atoms with Crippen molar-refractivity contribution in [1.82, 2.24) is 19.9 Å². The van der Waals surface area contributed by atoms with Crippen molar-refractivity contribution in [2.45, 2.75) is 29.3 Å². The predicted molar refractivity (Wildman–Crippen MR) is 174 cm³/mol. The lowest BCUT2D eigenvalue weighted by Gasteiger charge is -2.35. The molecule has 2 amide bonds. The van der Waals surface area contributed by atoms with Crippen LogP contribution >= 0.6 is 11.6 Å². The number of anilines is 1. The number of pyridine rings is 3. The van der Waals surface area contributed by atoms with Gasteiger partial charge in [0.2, 0.25) is 5.88 Å². The fraction of sp³-hybridized carbons (Fsp3) is 0.206. The third kappa shape index (κ3) is 5.04. The van der Waals surface area contributed by atoms with Gasteiger partial charge in [0.1, 0.15) is 4.90 Å². The highest BCUT2D eigenvalue weighted by Gasteiger charge is 2.61. The summed E-state index contributed by atoms with van der Waals surface area (Å²) in [6, 6.07) is 19.4. The summed E-state index contributed by atoms with van der Waals surface area (Å²) in [5, 5.41) is 0.766. The van der Waals surface area contributed by atoms with Gasteiger partial charge < -0.3 is 14.4 Å². The highest BCUT2D eigenvalue weighted by atomic mass is 35.5. The van der Waals surface area contributed by atoms with E-state index in [-0.39, 0.29) is 44.0 Å². The van der Waals surface area contributed by atoms with Crippen molar-refractivity contribution in [3.05, 3.63) is 119 Å². The Balaban J connectivity index is 1.35. The molecule has 238 valence electrons. The van der Waals surface area contributed by atoms with E-state index in [1.165, 1.54) is 54.7 Å². The topological polar surface area (TPSA) is 132 Å². The molecule has 0 saturated carbocycles. The Morgan fingerprint density at radius 3 is 2.40 bits per heavy atom. The molecule has 1 atom stereocenters. The number of sulfonamides is 1. The van der Waals surface area contributed by atoms with Crippen molar-refractivity contribution in [1.29, 1.82) is 0 Å². The number of aromatic nitrogens is 3. The minimum absolute atomic E-state index is 0.0255. The van der Waals surface area contributed by atoms with Crippen LogP contribution in [0.3, 0.4) is 0 Å². The quantitative estimate of drug-likeness (QED) is 0.224. The maximum absolute atomic E-state index is 15.0. The number of piperidine rings is 1. The van der Waals surface area contributed by atoms with Gasteiger partial charge in [-0.1, -0.05) is 29.8 Å². The lowest BCUT2D eigenvalue weighted by molar-refractivity contribution is -0.132. The zero-order chi connectivity index (χ0) is 32.8. The van der Waals surface area contributed by atoms with Gasteiger partial charge in [0.25, 0.3) is 21.5 Å². The van der Waals surface area contributed by atoms with Crippen LogP contribution < -0.4 is 9.04 Å². The first kappa shape index (κ1) is 30.6. The molecule has 1 fully saturated rings. The number of benzene rings is 2. The van der Waals surface area contributed by atoms with Gasteiger partial charge in [-0.2, -0.15) is 4.31 Å². The molecule has 13 heteroatoms. The SMILES string of the molecule is COc1ncccc1C1(OC(=O)N2CCC(c3ccncc3)CC2)C(=O)N(S(=O)(=O)c2cccc3cccnc23)c2ccc(Cl)cc21. The molecule has 5 aromatic rings. The smallest absolute Gasteiger partial charge is 0.411 e. The fourth-order valence-electron chi connectivity index (χ4n) is 6.42. The third-order valence-corrected chi connectivity index (χ3v) is 10.6. The summed E-state index contributed by atoms with van der Waals surface area (Å²) in [7, 11) is -3.27. The molecule has 2 aliphatic heterocycles. The Kier molecular flexibility index (Phi) is 7.77. The number of amides is 2. The van der Waals surface area contributed by atoms with Crippen LogP contribution in [-0.4, -0.2) is 60.5 Å². The minimum atomic E-state index is -4.63. The number of carbonyl (C=O) groups is 2. The lowest BCUT2D eigenvalue weighted by Crippen LogP contribution is -2.49. The number of rotatable bonds is 6. The van der Waals surface area contributed by atoms with Crippen molar-refractivity contribution < 1.29 is 27.5 Å². The monoisotopic (exact) mass is 669 g/mol. The zero-order valence-electron chi connectivity index (χ0n) is 25.1. The molecule has 2 aliphatic rings. The Morgan fingerprint density at radius 1 is 0.915 bits per heavy atom. The minimum Gasteiger partial charge on any atom is -0.481 e. The largest absolute Gasteiger partial charge is 0.481 e. The van der Waals surface area contributed by atoms with Crippen molar-refractivity contribution >= 4 is 50.2 Å². The van der Waals surface area contributed by atoms with Crippen LogP contribution in [0, 0.1) is 0 Å². The van der Waals surface area contributed by atoms with Crippen molar-refractivity contribution in [2.75, 3.05) is 24.5 Å². The molecule has 1 unspecified atom stereocenters. The summed E-state index contributed by atoms with van der Waals surface area (Å²) < 4.78 is 41.6. The molecule has 11 nitrogen and oxygen atoms in total. The second-order valence-corrected chi connectivity index (χ2v) is 13.4. The molecule has 0 spiro atoms. The number of hydrogen-bond donors (Lipinski definition) is 0. The van der Waals surface area contributed by atoms with Crippen LogP contribution in [0.1, 0.15) is 35.4 Å². The molecule has 7 rings (SSSR count). The highest BCUT2D eigenvalue weighted by molar-refractivity contribution is 7.93. The highest BCUT2D eigenvalue weighted by Crippen LogP contribution is 2.52. The Bertz CT molecular complexity index is 2120. The van der Waals surface area contributed by atoms with E-state index in [0.29, 0.717) is 35.6 Å². The molecule has 0 aliphatic carbocycles. The number of fused-ring (bicyclic) bond motifs is 2. The van der Waals surface area contributed by atoms with Gasteiger partial charge in [0.15, 0.2) is 0 Å². The van der Waals surface area contributed by atoms with E-state index >= 15 is 0 Å². The summed E-state index contributed by atoms with van der Waals surface area (Å²) in [5.74, 6) is -0.854. The number of likely N-dealkylation sites (tertiary alicyclic amines) is 1.